The van der Waals surface area contributed by atoms with E-state index in [1.807, 2.05) is 43.3 Å². The predicted molar refractivity (Wildman–Crippen MR) is 185 cm³/mol. The number of nitrogens with one attached hydrogen (secondary N) is 2. The lowest BCUT2D eigenvalue weighted by Gasteiger charge is -2.29. The second-order valence-corrected chi connectivity index (χ2v) is 11.9. The number of fused-ring (bicyclic) bond motifs is 1. The fourth-order valence-electron chi connectivity index (χ4n) is 5.93. The van der Waals surface area contributed by atoms with Crippen molar-refractivity contribution >= 4 is 11.6 Å². The standard InChI is InChI=1S/C38H39N3O9/c1-22-4-7-31-29(12-22)38(46)40-37(39-31)24-6-8-33(28(13-24)20-44)48-10-3-11-49-36-16-23(5-9-34(36)47-2)32-17-35(50-41-32)25-14-26(18-42)30(21-45)27(15-25)19-43/h4-9,12-17,37,39,42-45H,3,10-11,18-21H2,1-2H3,(H,40,46). The fourth-order valence-corrected chi connectivity index (χ4v) is 5.93. The molecule has 1 unspecified atom stereocenters. The number of carbonyl (C=O) groups is 1. The van der Waals surface area contributed by atoms with Gasteiger partial charge in [-0.25, -0.2) is 0 Å². The van der Waals surface area contributed by atoms with Crippen LogP contribution in [-0.2, 0) is 26.4 Å². The Morgan fingerprint density at radius 1 is 0.740 bits per heavy atom. The minimum absolute atomic E-state index is 0.161. The number of aliphatic hydroxyl groups excluding tert-OH is 4. The second-order valence-electron chi connectivity index (χ2n) is 11.9. The van der Waals surface area contributed by atoms with Crippen molar-refractivity contribution < 1.29 is 44.0 Å². The van der Waals surface area contributed by atoms with Gasteiger partial charge < -0.3 is 49.8 Å². The Hall–Kier alpha value is -5.40. The number of carbonyl (C=O) groups excluding carboxylic acids is 1. The van der Waals surface area contributed by atoms with Crippen LogP contribution < -0.4 is 24.8 Å². The summed E-state index contributed by atoms with van der Waals surface area (Å²) in [7, 11) is 1.56. The first-order valence-electron chi connectivity index (χ1n) is 16.2. The number of benzene rings is 4. The molecule has 0 radical (unpaired) electrons. The van der Waals surface area contributed by atoms with E-state index in [4.69, 9.17) is 18.7 Å². The van der Waals surface area contributed by atoms with Gasteiger partial charge in [0.1, 0.15) is 17.6 Å². The first-order chi connectivity index (χ1) is 24.3. The summed E-state index contributed by atoms with van der Waals surface area (Å²) in [6.45, 7) is 1.45. The maximum Gasteiger partial charge on any atom is 0.255 e. The van der Waals surface area contributed by atoms with Crippen LogP contribution in [0.5, 0.6) is 17.2 Å². The van der Waals surface area contributed by atoms with E-state index in [0.717, 1.165) is 22.4 Å². The van der Waals surface area contributed by atoms with Gasteiger partial charge in [-0.3, -0.25) is 4.79 Å². The summed E-state index contributed by atoms with van der Waals surface area (Å²) < 4.78 is 23.2. The molecule has 6 rings (SSSR count). The van der Waals surface area contributed by atoms with E-state index in [0.29, 0.717) is 81.7 Å². The lowest BCUT2D eigenvalue weighted by atomic mass is 9.97. The van der Waals surface area contributed by atoms with Gasteiger partial charge in [-0.05, 0) is 83.8 Å². The van der Waals surface area contributed by atoms with Gasteiger partial charge in [0.15, 0.2) is 17.3 Å². The van der Waals surface area contributed by atoms with Crippen molar-refractivity contribution in [1.82, 2.24) is 10.5 Å². The van der Waals surface area contributed by atoms with Crippen LogP contribution in [0.25, 0.3) is 22.6 Å². The minimum Gasteiger partial charge on any atom is -0.493 e. The summed E-state index contributed by atoms with van der Waals surface area (Å²) in [4.78, 5) is 12.7. The van der Waals surface area contributed by atoms with Crippen molar-refractivity contribution in [2.24, 2.45) is 0 Å². The van der Waals surface area contributed by atoms with E-state index < -0.39 is 6.17 Å². The topological polar surface area (TPSA) is 176 Å². The van der Waals surface area contributed by atoms with Crippen LogP contribution in [0.4, 0.5) is 5.69 Å². The number of aryl methyl sites for hydroxylation is 1. The molecule has 50 heavy (non-hydrogen) atoms. The van der Waals surface area contributed by atoms with Crippen molar-refractivity contribution in [3.05, 3.63) is 112 Å². The molecule has 1 atom stereocenters. The second kappa shape index (κ2) is 15.4. The van der Waals surface area contributed by atoms with Crippen molar-refractivity contribution in [3.63, 3.8) is 0 Å². The first-order valence-corrected chi connectivity index (χ1v) is 16.2. The van der Waals surface area contributed by atoms with Gasteiger partial charge in [0.05, 0.1) is 52.3 Å². The van der Waals surface area contributed by atoms with Crippen LogP contribution in [-0.4, -0.2) is 51.8 Å². The van der Waals surface area contributed by atoms with Crippen molar-refractivity contribution in [2.45, 2.75) is 45.9 Å². The van der Waals surface area contributed by atoms with Crippen LogP contribution in [0, 0.1) is 6.92 Å². The number of amides is 1. The third-order valence-corrected chi connectivity index (χ3v) is 8.57. The molecule has 12 nitrogen and oxygen atoms in total. The van der Waals surface area contributed by atoms with Gasteiger partial charge >= 0.3 is 0 Å². The summed E-state index contributed by atoms with van der Waals surface area (Å²) in [5.41, 5.74) is 7.09. The molecule has 0 saturated carbocycles. The maximum absolute atomic E-state index is 12.7. The highest BCUT2D eigenvalue weighted by atomic mass is 16.5. The molecule has 1 aliphatic heterocycles. The van der Waals surface area contributed by atoms with Crippen LogP contribution >= 0.6 is 0 Å². The van der Waals surface area contributed by atoms with E-state index in [2.05, 4.69) is 15.8 Å². The molecule has 0 fully saturated rings. The smallest absolute Gasteiger partial charge is 0.255 e. The van der Waals surface area contributed by atoms with Gasteiger partial charge in [-0.15, -0.1) is 0 Å². The number of aromatic nitrogens is 1. The van der Waals surface area contributed by atoms with Gasteiger partial charge in [-0.1, -0.05) is 22.9 Å². The van der Waals surface area contributed by atoms with Gasteiger partial charge in [0.25, 0.3) is 5.91 Å². The Kier molecular flexibility index (Phi) is 10.6. The first kappa shape index (κ1) is 34.5. The zero-order valence-corrected chi connectivity index (χ0v) is 27.7. The highest BCUT2D eigenvalue weighted by molar-refractivity contribution is 6.01. The van der Waals surface area contributed by atoms with E-state index in [1.54, 1.807) is 43.5 Å². The van der Waals surface area contributed by atoms with Crippen LogP contribution in [0.15, 0.2) is 77.3 Å². The maximum atomic E-state index is 12.7. The molecule has 1 aliphatic rings. The third-order valence-electron chi connectivity index (χ3n) is 8.57. The molecule has 6 N–H and O–H groups in total. The number of aliphatic hydroxyl groups is 4. The number of hydrogen-bond donors (Lipinski definition) is 6. The predicted octanol–water partition coefficient (Wildman–Crippen LogP) is 5.00. The highest BCUT2D eigenvalue weighted by Crippen LogP contribution is 2.35. The third kappa shape index (κ3) is 7.28. The van der Waals surface area contributed by atoms with Crippen LogP contribution in [0.1, 0.15) is 56.3 Å². The average molecular weight is 682 g/mol. The number of anilines is 1. The molecular formula is C38H39N3O9. The summed E-state index contributed by atoms with van der Waals surface area (Å²) >= 11 is 0. The highest BCUT2D eigenvalue weighted by Gasteiger charge is 2.25. The molecule has 0 aliphatic carbocycles. The molecule has 0 saturated heterocycles. The SMILES string of the molecule is COc1ccc(-c2cc(-c3cc(CO)c(CO)c(CO)c3)on2)cc1OCCCOc1ccc(C2NC(=O)c3cc(C)ccc3N2)cc1CO. The monoisotopic (exact) mass is 681 g/mol. The van der Waals surface area contributed by atoms with Crippen molar-refractivity contribution in [2.75, 3.05) is 25.6 Å². The Labute approximate surface area is 288 Å². The number of ether oxygens (including phenoxy) is 3. The van der Waals surface area contributed by atoms with Crippen LogP contribution in [0.3, 0.4) is 0 Å². The van der Waals surface area contributed by atoms with Crippen molar-refractivity contribution in [3.8, 4) is 39.8 Å². The Balaban J connectivity index is 1.08. The Morgan fingerprint density at radius 3 is 2.16 bits per heavy atom. The van der Waals surface area contributed by atoms with E-state index in [1.165, 1.54) is 0 Å². The average Bonchev–Trinajstić information content (AvgIpc) is 3.65. The molecule has 5 aromatic rings. The Morgan fingerprint density at radius 2 is 1.46 bits per heavy atom. The summed E-state index contributed by atoms with van der Waals surface area (Å²) in [6, 6.07) is 21.7. The number of nitrogens with zero attached hydrogens (tertiary/aromatic N) is 1. The molecule has 0 bridgehead atoms. The zero-order chi connectivity index (χ0) is 35.2. The molecule has 12 heteroatoms. The molecule has 1 aromatic heterocycles. The lowest BCUT2D eigenvalue weighted by Crippen LogP contribution is -2.38. The molecule has 4 aromatic carbocycles. The fraction of sp³-hybridized carbons (Fsp3) is 0.263. The van der Waals surface area contributed by atoms with Crippen LogP contribution in [0.2, 0.25) is 0 Å². The number of methoxy groups -OCH3 is 1. The van der Waals surface area contributed by atoms with E-state index >= 15 is 0 Å². The lowest BCUT2D eigenvalue weighted by molar-refractivity contribution is 0.0935. The summed E-state index contributed by atoms with van der Waals surface area (Å²) in [5.74, 6) is 1.86. The van der Waals surface area contributed by atoms with Gasteiger partial charge in [0.2, 0.25) is 0 Å². The molecular weight excluding hydrogens is 642 g/mol. The van der Waals surface area contributed by atoms with Gasteiger partial charge in [-0.2, -0.15) is 0 Å². The van der Waals surface area contributed by atoms with Crippen molar-refractivity contribution in [1.29, 1.82) is 0 Å². The van der Waals surface area contributed by atoms with E-state index in [9.17, 15) is 25.2 Å². The molecule has 2 heterocycles. The number of hydrogen-bond acceptors (Lipinski definition) is 11. The largest absolute Gasteiger partial charge is 0.493 e. The van der Waals surface area contributed by atoms with E-state index in [-0.39, 0.29) is 32.3 Å². The summed E-state index contributed by atoms with van der Waals surface area (Å²) in [6.07, 6.45) is 0.0890. The summed E-state index contributed by atoms with van der Waals surface area (Å²) in [5, 5.41) is 49.9. The molecule has 260 valence electrons. The molecule has 0 spiro atoms. The Bertz CT molecular complexity index is 1970. The zero-order valence-electron chi connectivity index (χ0n) is 27.7. The number of rotatable bonds is 14. The normalized spacial score (nSPS) is 13.7. The minimum atomic E-state index is -0.448. The quantitative estimate of drug-likeness (QED) is 0.0871. The van der Waals surface area contributed by atoms with Gasteiger partial charge in [0, 0.05) is 34.9 Å². The molecule has 1 amide bonds.